The van der Waals surface area contributed by atoms with E-state index in [4.69, 9.17) is 74.6 Å². The van der Waals surface area contributed by atoms with Crippen LogP contribution >= 0.6 is 58.0 Å². The van der Waals surface area contributed by atoms with Crippen LogP contribution in [0.25, 0.3) is 4.85 Å². The second-order valence-corrected chi connectivity index (χ2v) is 6.57. The largest absolute Gasteiger partial charge is 0.429 e. The van der Waals surface area contributed by atoms with Crippen LogP contribution < -0.4 is 4.74 Å². The third kappa shape index (κ3) is 3.80. The molecule has 0 radical (unpaired) electrons. The van der Waals surface area contributed by atoms with Crippen molar-refractivity contribution >= 4 is 70.2 Å². The molecule has 0 saturated heterocycles. The van der Waals surface area contributed by atoms with Gasteiger partial charge < -0.3 is 4.74 Å². The van der Waals surface area contributed by atoms with Crippen molar-refractivity contribution in [3.8, 4) is 11.8 Å². The molecule has 25 heavy (non-hydrogen) atoms. The van der Waals surface area contributed by atoms with Gasteiger partial charge in [-0.3, -0.25) is 4.79 Å². The maximum absolute atomic E-state index is 10.4. The van der Waals surface area contributed by atoms with Crippen molar-refractivity contribution in [3.05, 3.63) is 65.4 Å². The molecule has 0 N–H and O–H groups in total. The maximum Gasteiger partial charge on any atom is 0.298 e. The molecular formula is C16H5Cl5N2O2. The minimum Gasteiger partial charge on any atom is -0.429 e. The van der Waals surface area contributed by atoms with Gasteiger partial charge in [-0.2, -0.15) is 5.26 Å². The summed E-state index contributed by atoms with van der Waals surface area (Å²) >= 11 is 30.8. The molecule has 0 unspecified atom stereocenters. The Morgan fingerprint density at radius 3 is 2.16 bits per heavy atom. The summed E-state index contributed by atoms with van der Waals surface area (Å²) in [6.45, 7) is 7.58. The SMILES string of the molecule is [C-]#[N+]c1c(Cl)c(C#N)c(Cl)c(Cl)c1Cc1c(Cl)cc(OC=O)cc1Cl. The number of benzene rings is 2. The van der Waals surface area contributed by atoms with Gasteiger partial charge >= 0.3 is 0 Å². The van der Waals surface area contributed by atoms with E-state index < -0.39 is 0 Å². The maximum atomic E-state index is 10.4. The molecule has 126 valence electrons. The van der Waals surface area contributed by atoms with Crippen molar-refractivity contribution in [1.29, 1.82) is 5.26 Å². The van der Waals surface area contributed by atoms with E-state index in [1.165, 1.54) is 12.1 Å². The fraction of sp³-hybridized carbons (Fsp3) is 0.0625. The lowest BCUT2D eigenvalue weighted by Gasteiger charge is -2.14. The van der Waals surface area contributed by atoms with E-state index in [1.54, 1.807) is 0 Å². The van der Waals surface area contributed by atoms with Gasteiger partial charge in [0.25, 0.3) is 6.47 Å². The fourth-order valence-electron chi connectivity index (χ4n) is 2.12. The van der Waals surface area contributed by atoms with E-state index in [9.17, 15) is 4.79 Å². The standard InChI is InChI=1S/C16H5Cl5N2O2/c1-23-16-9(13(19)14(20)10(5-22)15(16)21)4-8-11(17)2-7(25-6-24)3-12(8)18/h2-3,6H,4H2. The van der Waals surface area contributed by atoms with Crippen molar-refractivity contribution in [2.45, 2.75) is 6.42 Å². The van der Waals surface area contributed by atoms with Crippen molar-refractivity contribution in [2.75, 3.05) is 0 Å². The monoisotopic (exact) mass is 432 g/mol. The van der Waals surface area contributed by atoms with Crippen LogP contribution in [0.2, 0.25) is 25.1 Å². The lowest BCUT2D eigenvalue weighted by atomic mass is 10.0. The molecule has 0 heterocycles. The molecule has 2 aromatic rings. The molecule has 0 amide bonds. The highest BCUT2D eigenvalue weighted by atomic mass is 35.5. The van der Waals surface area contributed by atoms with E-state index in [1.807, 2.05) is 6.07 Å². The normalized spacial score (nSPS) is 10.0. The molecule has 0 saturated carbocycles. The molecule has 0 bridgehead atoms. The summed E-state index contributed by atoms with van der Waals surface area (Å²) in [7, 11) is 0. The van der Waals surface area contributed by atoms with Gasteiger partial charge in [0.2, 0.25) is 5.69 Å². The number of carbonyl (C=O) groups is 1. The fourth-order valence-corrected chi connectivity index (χ4v) is 3.56. The summed E-state index contributed by atoms with van der Waals surface area (Å²) < 4.78 is 4.71. The van der Waals surface area contributed by atoms with E-state index in [0.29, 0.717) is 11.1 Å². The zero-order chi connectivity index (χ0) is 18.7. The van der Waals surface area contributed by atoms with Crippen LogP contribution in [0.3, 0.4) is 0 Å². The van der Waals surface area contributed by atoms with E-state index in [0.717, 1.165) is 0 Å². The molecule has 0 spiro atoms. The van der Waals surface area contributed by atoms with Crippen molar-refractivity contribution in [1.82, 2.24) is 0 Å². The summed E-state index contributed by atoms with van der Waals surface area (Å²) in [5.74, 6) is 0.168. The predicted molar refractivity (Wildman–Crippen MR) is 98.4 cm³/mol. The Balaban J connectivity index is 2.65. The average molecular weight is 434 g/mol. The second kappa shape index (κ2) is 8.15. The highest BCUT2D eigenvalue weighted by molar-refractivity contribution is 6.46. The third-order valence-electron chi connectivity index (χ3n) is 3.27. The smallest absolute Gasteiger partial charge is 0.298 e. The van der Waals surface area contributed by atoms with Crippen LogP contribution in [0.5, 0.6) is 5.75 Å². The van der Waals surface area contributed by atoms with E-state index >= 15 is 0 Å². The number of hydrogen-bond acceptors (Lipinski definition) is 3. The summed E-state index contributed by atoms with van der Waals surface area (Å²) in [4.78, 5) is 13.8. The summed E-state index contributed by atoms with van der Waals surface area (Å²) in [5, 5.41) is 9.42. The number of nitriles is 1. The Hall–Kier alpha value is -1.66. The number of carbonyl (C=O) groups excluding carboxylic acids is 1. The topological polar surface area (TPSA) is 54.4 Å². The Kier molecular flexibility index (Phi) is 6.41. The lowest BCUT2D eigenvalue weighted by molar-refractivity contribution is -0.120. The van der Waals surface area contributed by atoms with Crippen LogP contribution in [0.1, 0.15) is 16.7 Å². The molecule has 2 rings (SSSR count). The van der Waals surface area contributed by atoms with Gasteiger partial charge in [-0.15, -0.1) is 0 Å². The van der Waals surface area contributed by atoms with Crippen molar-refractivity contribution < 1.29 is 9.53 Å². The van der Waals surface area contributed by atoms with E-state index in [2.05, 4.69) is 4.85 Å². The zero-order valence-corrected chi connectivity index (χ0v) is 15.8. The molecule has 0 aliphatic carbocycles. The van der Waals surface area contributed by atoms with Crippen molar-refractivity contribution in [2.24, 2.45) is 0 Å². The van der Waals surface area contributed by atoms with Crippen LogP contribution in [-0.2, 0) is 11.2 Å². The number of halogens is 5. The highest BCUT2D eigenvalue weighted by Crippen LogP contribution is 2.45. The minimum atomic E-state index is -0.0879. The number of hydrogen-bond donors (Lipinski definition) is 0. The first-order chi connectivity index (χ1) is 11.8. The molecule has 0 atom stereocenters. The van der Waals surface area contributed by atoms with Gasteiger partial charge in [-0.1, -0.05) is 58.0 Å². The molecule has 9 heteroatoms. The Bertz CT molecular complexity index is 938. The van der Waals surface area contributed by atoms with Gasteiger partial charge in [-0.25, -0.2) is 4.85 Å². The van der Waals surface area contributed by atoms with Gasteiger partial charge in [0.05, 0.1) is 27.2 Å². The first-order valence-corrected chi connectivity index (χ1v) is 8.29. The van der Waals surface area contributed by atoms with Crippen LogP contribution in [0.15, 0.2) is 12.1 Å². The number of ether oxygens (including phenoxy) is 1. The van der Waals surface area contributed by atoms with Gasteiger partial charge in [0.1, 0.15) is 11.8 Å². The number of nitrogens with zero attached hydrogens (tertiary/aromatic N) is 2. The summed E-state index contributed by atoms with van der Waals surface area (Å²) in [5.41, 5.74) is 0.645. The molecule has 0 aliphatic rings. The van der Waals surface area contributed by atoms with E-state index in [-0.39, 0.29) is 55.0 Å². The van der Waals surface area contributed by atoms with Crippen molar-refractivity contribution in [3.63, 3.8) is 0 Å². The lowest BCUT2D eigenvalue weighted by Crippen LogP contribution is -1.97. The zero-order valence-electron chi connectivity index (χ0n) is 12.0. The first kappa shape index (κ1) is 19.7. The average Bonchev–Trinajstić information content (AvgIpc) is 2.56. The second-order valence-electron chi connectivity index (χ2n) is 4.62. The molecule has 4 nitrogen and oxygen atoms in total. The van der Waals surface area contributed by atoms with Crippen LogP contribution in [0, 0.1) is 17.9 Å². The summed E-state index contributed by atoms with van der Waals surface area (Å²) in [6, 6.07) is 4.62. The molecule has 0 aliphatic heterocycles. The predicted octanol–water partition coefficient (Wildman–Crippen LogP) is 6.50. The van der Waals surface area contributed by atoms with Crippen LogP contribution in [-0.4, -0.2) is 6.47 Å². The third-order valence-corrected chi connectivity index (χ3v) is 5.20. The molecule has 0 fully saturated rings. The quantitative estimate of drug-likeness (QED) is 0.313. The van der Waals surface area contributed by atoms with Gasteiger partial charge in [0, 0.05) is 10.0 Å². The Morgan fingerprint density at radius 2 is 1.68 bits per heavy atom. The molecular weight excluding hydrogens is 429 g/mol. The molecule has 2 aromatic carbocycles. The summed E-state index contributed by atoms with van der Waals surface area (Å²) in [6.07, 6.45) is 0.0424. The Labute approximate surface area is 168 Å². The van der Waals surface area contributed by atoms with Crippen LogP contribution in [0.4, 0.5) is 5.69 Å². The van der Waals surface area contributed by atoms with Gasteiger partial charge in [0.15, 0.2) is 0 Å². The first-order valence-electron chi connectivity index (χ1n) is 6.40. The number of rotatable bonds is 4. The highest BCUT2D eigenvalue weighted by Gasteiger charge is 2.23. The van der Waals surface area contributed by atoms with Gasteiger partial charge in [-0.05, 0) is 29.7 Å². The minimum absolute atomic E-state index is 0.00651. The molecule has 0 aromatic heterocycles. The Morgan fingerprint density at radius 1 is 1.08 bits per heavy atom.